The van der Waals surface area contributed by atoms with Gasteiger partial charge in [0.1, 0.15) is 0 Å². The third-order valence-electron chi connectivity index (χ3n) is 3.36. The molecule has 0 saturated heterocycles. The first-order valence-electron chi connectivity index (χ1n) is 6.15. The minimum atomic E-state index is 0.0890. The number of nitrogens with zero attached hydrogens (tertiary/aromatic N) is 2. The second-order valence-electron chi connectivity index (χ2n) is 4.53. The van der Waals surface area contributed by atoms with Crippen molar-refractivity contribution in [3.8, 4) is 0 Å². The zero-order valence-corrected chi connectivity index (χ0v) is 11.3. The number of nitrogens with two attached hydrogens (primary N) is 1. The molecule has 3 rings (SSSR count). The molecule has 0 aliphatic carbocycles. The Morgan fingerprint density at radius 3 is 2.58 bits per heavy atom. The van der Waals surface area contributed by atoms with Crippen LogP contribution in [0.5, 0.6) is 0 Å². The Hall–Kier alpha value is -2.00. The van der Waals surface area contributed by atoms with Crippen molar-refractivity contribution in [1.29, 1.82) is 0 Å². The van der Waals surface area contributed by atoms with Gasteiger partial charge in [-0.05, 0) is 24.6 Å². The number of anilines is 1. The van der Waals surface area contributed by atoms with Gasteiger partial charge in [-0.2, -0.15) is 0 Å². The normalized spacial score (nSPS) is 12.7. The van der Waals surface area contributed by atoms with Gasteiger partial charge in [0.15, 0.2) is 0 Å². The smallest absolute Gasteiger partial charge is 0.201 e. The molecule has 3 nitrogen and oxygen atoms in total. The summed E-state index contributed by atoms with van der Waals surface area (Å²) in [5.74, 6) is 0.486. The molecule has 0 bridgehead atoms. The summed E-state index contributed by atoms with van der Waals surface area (Å²) in [6.45, 7) is 2.09. The fourth-order valence-electron chi connectivity index (χ4n) is 2.40. The van der Waals surface area contributed by atoms with Gasteiger partial charge in [-0.15, -0.1) is 0 Å². The van der Waals surface area contributed by atoms with Crippen molar-refractivity contribution < 1.29 is 0 Å². The number of aromatic nitrogens is 2. The predicted octanol–water partition coefficient (Wildman–Crippen LogP) is 3.88. The lowest BCUT2D eigenvalue weighted by Crippen LogP contribution is -2.10. The van der Waals surface area contributed by atoms with Crippen molar-refractivity contribution in [3.05, 3.63) is 59.1 Å². The van der Waals surface area contributed by atoms with E-state index in [1.165, 1.54) is 5.56 Å². The van der Waals surface area contributed by atoms with Crippen molar-refractivity contribution >= 4 is 28.6 Å². The van der Waals surface area contributed by atoms with Crippen LogP contribution in [-0.2, 0) is 0 Å². The van der Waals surface area contributed by atoms with E-state index in [1.807, 2.05) is 41.0 Å². The van der Waals surface area contributed by atoms with Crippen LogP contribution in [0, 0.1) is 0 Å². The number of nitrogen functional groups attached to an aromatic ring is 1. The van der Waals surface area contributed by atoms with E-state index in [4.69, 9.17) is 17.3 Å². The first-order chi connectivity index (χ1) is 9.18. The highest BCUT2D eigenvalue weighted by Gasteiger charge is 2.17. The number of hydrogen-bond donors (Lipinski definition) is 1. The van der Waals surface area contributed by atoms with Crippen molar-refractivity contribution in [1.82, 2.24) is 9.55 Å². The van der Waals surface area contributed by atoms with Crippen LogP contribution >= 0.6 is 11.6 Å². The third kappa shape index (κ3) is 1.96. The lowest BCUT2D eigenvalue weighted by Gasteiger charge is -2.16. The molecule has 0 amide bonds. The van der Waals surface area contributed by atoms with Crippen LogP contribution in [0.25, 0.3) is 11.0 Å². The minimum absolute atomic E-state index is 0.0890. The summed E-state index contributed by atoms with van der Waals surface area (Å²) >= 11 is 6.29. The maximum Gasteiger partial charge on any atom is 0.201 e. The summed E-state index contributed by atoms with van der Waals surface area (Å²) in [5, 5.41) is 0.671. The summed E-state index contributed by atoms with van der Waals surface area (Å²) in [5.41, 5.74) is 8.94. The van der Waals surface area contributed by atoms with E-state index in [0.29, 0.717) is 11.0 Å². The van der Waals surface area contributed by atoms with E-state index in [1.54, 1.807) is 0 Å². The fourth-order valence-corrected chi connectivity index (χ4v) is 2.66. The number of halogens is 1. The molecule has 1 heterocycles. The SMILES string of the molecule is CC(c1ccccc1)n1c(N)nc2cccc(Cl)c21. The van der Waals surface area contributed by atoms with E-state index in [0.717, 1.165) is 11.0 Å². The average Bonchev–Trinajstić information content (AvgIpc) is 2.76. The predicted molar refractivity (Wildman–Crippen MR) is 79.4 cm³/mol. The standard InChI is InChI=1S/C15H14ClN3/c1-10(11-6-3-2-4-7-11)19-14-12(16)8-5-9-13(14)18-15(19)17/h2-10H,1H3,(H2,17,18). The van der Waals surface area contributed by atoms with E-state index in [2.05, 4.69) is 24.0 Å². The van der Waals surface area contributed by atoms with Crippen LogP contribution in [0.1, 0.15) is 18.5 Å². The maximum atomic E-state index is 6.29. The number of hydrogen-bond acceptors (Lipinski definition) is 2. The molecule has 0 aliphatic rings. The molecule has 0 spiro atoms. The van der Waals surface area contributed by atoms with Crippen LogP contribution in [-0.4, -0.2) is 9.55 Å². The Kier molecular flexibility index (Phi) is 2.91. The van der Waals surface area contributed by atoms with Crippen molar-refractivity contribution in [3.63, 3.8) is 0 Å². The summed E-state index contributed by atoms with van der Waals surface area (Å²) < 4.78 is 1.98. The van der Waals surface area contributed by atoms with Gasteiger partial charge in [0.05, 0.1) is 22.1 Å². The molecule has 96 valence electrons. The Morgan fingerprint density at radius 2 is 1.84 bits per heavy atom. The van der Waals surface area contributed by atoms with Gasteiger partial charge in [-0.1, -0.05) is 48.0 Å². The zero-order chi connectivity index (χ0) is 13.4. The fraction of sp³-hybridized carbons (Fsp3) is 0.133. The average molecular weight is 272 g/mol. The van der Waals surface area contributed by atoms with Crippen molar-refractivity contribution in [2.75, 3.05) is 5.73 Å². The van der Waals surface area contributed by atoms with Crippen molar-refractivity contribution in [2.45, 2.75) is 13.0 Å². The highest BCUT2D eigenvalue weighted by molar-refractivity contribution is 6.35. The highest BCUT2D eigenvalue weighted by Crippen LogP contribution is 2.31. The molecule has 0 aliphatic heterocycles. The third-order valence-corrected chi connectivity index (χ3v) is 3.66. The number of para-hydroxylation sites is 1. The van der Waals surface area contributed by atoms with Gasteiger partial charge in [-0.25, -0.2) is 4.98 Å². The van der Waals surface area contributed by atoms with Gasteiger partial charge in [0.2, 0.25) is 5.95 Å². The first-order valence-corrected chi connectivity index (χ1v) is 6.53. The Balaban J connectivity index is 2.23. The number of rotatable bonds is 2. The Morgan fingerprint density at radius 1 is 1.11 bits per heavy atom. The molecule has 1 aromatic heterocycles. The monoisotopic (exact) mass is 271 g/mol. The van der Waals surface area contributed by atoms with Gasteiger partial charge in [0.25, 0.3) is 0 Å². The second kappa shape index (κ2) is 4.59. The summed E-state index contributed by atoms with van der Waals surface area (Å²) in [6.07, 6.45) is 0. The molecule has 3 aromatic rings. The van der Waals surface area contributed by atoms with E-state index in [-0.39, 0.29) is 6.04 Å². The molecule has 19 heavy (non-hydrogen) atoms. The second-order valence-corrected chi connectivity index (χ2v) is 4.94. The van der Waals surface area contributed by atoms with Crippen LogP contribution < -0.4 is 5.73 Å². The molecule has 0 fully saturated rings. The summed E-state index contributed by atoms with van der Waals surface area (Å²) in [6, 6.07) is 15.9. The van der Waals surface area contributed by atoms with Gasteiger partial charge < -0.3 is 10.3 Å². The first kappa shape index (κ1) is 12.1. The number of imidazole rings is 1. The van der Waals surface area contributed by atoms with Gasteiger partial charge in [-0.3, -0.25) is 0 Å². The molecule has 4 heteroatoms. The lowest BCUT2D eigenvalue weighted by atomic mass is 10.1. The molecule has 2 N–H and O–H groups in total. The van der Waals surface area contributed by atoms with Gasteiger partial charge >= 0.3 is 0 Å². The topological polar surface area (TPSA) is 43.8 Å². The minimum Gasteiger partial charge on any atom is -0.369 e. The molecule has 2 aromatic carbocycles. The Bertz CT molecular complexity index is 719. The summed E-state index contributed by atoms with van der Waals surface area (Å²) in [7, 11) is 0. The number of benzene rings is 2. The Labute approximate surface area is 116 Å². The highest BCUT2D eigenvalue weighted by atomic mass is 35.5. The van der Waals surface area contributed by atoms with Crippen LogP contribution in [0.3, 0.4) is 0 Å². The molecule has 1 atom stereocenters. The van der Waals surface area contributed by atoms with Crippen LogP contribution in [0.15, 0.2) is 48.5 Å². The van der Waals surface area contributed by atoms with Crippen molar-refractivity contribution in [2.24, 2.45) is 0 Å². The molecule has 0 saturated carbocycles. The molecule has 0 radical (unpaired) electrons. The molecular formula is C15H14ClN3. The van der Waals surface area contributed by atoms with E-state index in [9.17, 15) is 0 Å². The lowest BCUT2D eigenvalue weighted by molar-refractivity contribution is 0.668. The van der Waals surface area contributed by atoms with E-state index < -0.39 is 0 Å². The largest absolute Gasteiger partial charge is 0.369 e. The van der Waals surface area contributed by atoms with Crippen LogP contribution in [0.4, 0.5) is 5.95 Å². The quantitative estimate of drug-likeness (QED) is 0.769. The maximum absolute atomic E-state index is 6.29. The molecular weight excluding hydrogens is 258 g/mol. The summed E-state index contributed by atoms with van der Waals surface area (Å²) in [4.78, 5) is 4.38. The molecule has 1 unspecified atom stereocenters. The van der Waals surface area contributed by atoms with Crippen LogP contribution in [0.2, 0.25) is 5.02 Å². The van der Waals surface area contributed by atoms with E-state index >= 15 is 0 Å². The van der Waals surface area contributed by atoms with Gasteiger partial charge in [0, 0.05) is 0 Å². The zero-order valence-electron chi connectivity index (χ0n) is 10.5. The number of fused-ring (bicyclic) bond motifs is 1.